The van der Waals surface area contributed by atoms with Crippen LogP contribution in [0.25, 0.3) is 0 Å². The molecule has 1 N–H and O–H groups in total. The van der Waals surface area contributed by atoms with Crippen molar-refractivity contribution < 1.29 is 14.7 Å². The third-order valence-electron chi connectivity index (χ3n) is 3.22. The van der Waals surface area contributed by atoms with Crippen molar-refractivity contribution >= 4 is 23.3 Å². The first-order valence-electron chi connectivity index (χ1n) is 5.99. The Morgan fingerprint density at radius 3 is 2.95 bits per heavy atom. The SMILES string of the molecule is CN(C/C=C/C(=O)O)c1ccc2c(c1)CC(=O)N2C. The Morgan fingerprint density at radius 1 is 1.53 bits per heavy atom. The van der Waals surface area contributed by atoms with Gasteiger partial charge in [0.2, 0.25) is 5.91 Å². The molecule has 5 nitrogen and oxygen atoms in total. The maximum atomic E-state index is 11.6. The molecule has 5 heteroatoms. The first-order valence-corrected chi connectivity index (χ1v) is 5.99. The van der Waals surface area contributed by atoms with Crippen LogP contribution in [0, 0.1) is 0 Å². The summed E-state index contributed by atoms with van der Waals surface area (Å²) in [5.41, 5.74) is 2.93. The second-order valence-electron chi connectivity index (χ2n) is 4.56. The van der Waals surface area contributed by atoms with E-state index in [0.29, 0.717) is 13.0 Å². The number of amides is 1. The van der Waals surface area contributed by atoms with E-state index in [2.05, 4.69) is 0 Å². The fourth-order valence-electron chi connectivity index (χ4n) is 2.11. The van der Waals surface area contributed by atoms with Crippen molar-refractivity contribution in [2.24, 2.45) is 0 Å². The lowest BCUT2D eigenvalue weighted by molar-refractivity contribution is -0.131. The Kier molecular flexibility index (Phi) is 3.55. The van der Waals surface area contributed by atoms with Gasteiger partial charge in [-0.15, -0.1) is 0 Å². The van der Waals surface area contributed by atoms with Crippen LogP contribution in [0.2, 0.25) is 0 Å². The first kappa shape index (κ1) is 13.1. The number of hydrogen-bond donors (Lipinski definition) is 1. The summed E-state index contributed by atoms with van der Waals surface area (Å²) in [6.07, 6.45) is 3.15. The van der Waals surface area contributed by atoms with Gasteiger partial charge in [0, 0.05) is 38.1 Å². The van der Waals surface area contributed by atoms with Crippen LogP contribution in [-0.2, 0) is 16.0 Å². The maximum absolute atomic E-state index is 11.6. The zero-order valence-electron chi connectivity index (χ0n) is 11.0. The monoisotopic (exact) mass is 260 g/mol. The molecular formula is C14H16N2O3. The average Bonchev–Trinajstić information content (AvgIpc) is 2.64. The van der Waals surface area contributed by atoms with Crippen molar-refractivity contribution in [3.05, 3.63) is 35.9 Å². The number of carboxylic acid groups (broad SMARTS) is 1. The number of aliphatic carboxylic acids is 1. The van der Waals surface area contributed by atoms with Crippen LogP contribution in [-0.4, -0.2) is 37.6 Å². The molecule has 0 fully saturated rings. The quantitative estimate of drug-likeness (QED) is 0.828. The van der Waals surface area contributed by atoms with E-state index in [1.807, 2.05) is 30.1 Å². The molecule has 0 saturated heterocycles. The Morgan fingerprint density at radius 2 is 2.26 bits per heavy atom. The molecule has 0 unspecified atom stereocenters. The highest BCUT2D eigenvalue weighted by atomic mass is 16.4. The summed E-state index contributed by atoms with van der Waals surface area (Å²) < 4.78 is 0. The van der Waals surface area contributed by atoms with E-state index >= 15 is 0 Å². The molecule has 0 aromatic heterocycles. The van der Waals surface area contributed by atoms with Crippen molar-refractivity contribution in [3.8, 4) is 0 Å². The number of benzene rings is 1. The summed E-state index contributed by atoms with van der Waals surface area (Å²) in [4.78, 5) is 25.6. The van der Waals surface area contributed by atoms with E-state index in [0.717, 1.165) is 23.0 Å². The van der Waals surface area contributed by atoms with E-state index in [4.69, 9.17) is 5.11 Å². The number of carbonyl (C=O) groups is 2. The first-order chi connectivity index (χ1) is 8.99. The molecule has 0 bridgehead atoms. The molecule has 1 aliphatic rings. The van der Waals surface area contributed by atoms with Gasteiger partial charge < -0.3 is 14.9 Å². The molecule has 0 aliphatic carbocycles. The number of hydrogen-bond acceptors (Lipinski definition) is 3. The van der Waals surface area contributed by atoms with Gasteiger partial charge in [0.05, 0.1) is 6.42 Å². The molecule has 100 valence electrons. The molecule has 1 aromatic rings. The predicted octanol–water partition coefficient (Wildman–Crippen LogP) is 1.28. The molecule has 1 heterocycles. The van der Waals surface area contributed by atoms with Gasteiger partial charge in [-0.05, 0) is 23.8 Å². The minimum Gasteiger partial charge on any atom is -0.478 e. The largest absolute Gasteiger partial charge is 0.478 e. The van der Waals surface area contributed by atoms with Crippen LogP contribution in [0.4, 0.5) is 11.4 Å². The van der Waals surface area contributed by atoms with Crippen LogP contribution in [0.3, 0.4) is 0 Å². The Labute approximate surface area is 111 Å². The number of rotatable bonds is 4. The molecule has 1 aromatic carbocycles. The van der Waals surface area contributed by atoms with Gasteiger partial charge in [-0.3, -0.25) is 4.79 Å². The molecule has 0 spiro atoms. The van der Waals surface area contributed by atoms with E-state index in [-0.39, 0.29) is 5.91 Å². The van der Waals surface area contributed by atoms with Gasteiger partial charge in [-0.1, -0.05) is 6.08 Å². The second-order valence-corrected chi connectivity index (χ2v) is 4.56. The van der Waals surface area contributed by atoms with E-state index in [1.165, 1.54) is 0 Å². The lowest BCUT2D eigenvalue weighted by atomic mass is 10.1. The van der Waals surface area contributed by atoms with Crippen molar-refractivity contribution in [1.82, 2.24) is 0 Å². The van der Waals surface area contributed by atoms with Gasteiger partial charge in [0.1, 0.15) is 0 Å². The summed E-state index contributed by atoms with van der Waals surface area (Å²) in [5, 5.41) is 8.53. The van der Waals surface area contributed by atoms with Crippen LogP contribution in [0.15, 0.2) is 30.4 Å². The normalized spacial score (nSPS) is 14.0. The molecule has 0 radical (unpaired) electrons. The fraction of sp³-hybridized carbons (Fsp3) is 0.286. The number of carbonyl (C=O) groups excluding carboxylic acids is 1. The van der Waals surface area contributed by atoms with Gasteiger partial charge in [0.25, 0.3) is 0 Å². The molecule has 0 atom stereocenters. The summed E-state index contributed by atoms with van der Waals surface area (Å²) in [6, 6.07) is 5.83. The summed E-state index contributed by atoms with van der Waals surface area (Å²) in [5.74, 6) is -0.852. The van der Waals surface area contributed by atoms with Crippen LogP contribution < -0.4 is 9.80 Å². The van der Waals surface area contributed by atoms with Crippen LogP contribution in [0.1, 0.15) is 5.56 Å². The lowest BCUT2D eigenvalue weighted by Gasteiger charge is -2.18. The third-order valence-corrected chi connectivity index (χ3v) is 3.22. The fourth-order valence-corrected chi connectivity index (χ4v) is 2.11. The zero-order valence-corrected chi connectivity index (χ0v) is 11.0. The van der Waals surface area contributed by atoms with Crippen LogP contribution in [0.5, 0.6) is 0 Å². The van der Waals surface area contributed by atoms with E-state index in [9.17, 15) is 9.59 Å². The van der Waals surface area contributed by atoms with E-state index < -0.39 is 5.97 Å². The minimum absolute atomic E-state index is 0.0978. The topological polar surface area (TPSA) is 60.9 Å². The van der Waals surface area contributed by atoms with Gasteiger partial charge in [-0.2, -0.15) is 0 Å². The summed E-state index contributed by atoms with van der Waals surface area (Å²) >= 11 is 0. The van der Waals surface area contributed by atoms with E-state index in [1.54, 1.807) is 18.0 Å². The van der Waals surface area contributed by atoms with Gasteiger partial charge >= 0.3 is 5.97 Å². The second kappa shape index (κ2) is 5.14. The highest BCUT2D eigenvalue weighted by Crippen LogP contribution is 2.30. The minimum atomic E-state index is -0.949. The highest BCUT2D eigenvalue weighted by Gasteiger charge is 2.24. The molecule has 1 aliphatic heterocycles. The maximum Gasteiger partial charge on any atom is 0.328 e. The Bertz CT molecular complexity index is 552. The molecule has 1 amide bonds. The molecule has 0 saturated carbocycles. The number of anilines is 2. The van der Waals surface area contributed by atoms with Crippen molar-refractivity contribution in [2.75, 3.05) is 30.4 Å². The average molecular weight is 260 g/mol. The summed E-state index contributed by atoms with van der Waals surface area (Å²) in [6.45, 7) is 0.509. The van der Waals surface area contributed by atoms with Gasteiger partial charge in [0.15, 0.2) is 0 Å². The van der Waals surface area contributed by atoms with Crippen molar-refractivity contribution in [3.63, 3.8) is 0 Å². The number of fused-ring (bicyclic) bond motifs is 1. The third kappa shape index (κ3) is 2.76. The molecule has 2 rings (SSSR count). The molecule has 19 heavy (non-hydrogen) atoms. The lowest BCUT2D eigenvalue weighted by Crippen LogP contribution is -2.20. The predicted molar refractivity (Wildman–Crippen MR) is 73.6 cm³/mol. The smallest absolute Gasteiger partial charge is 0.328 e. The number of carboxylic acids is 1. The Hall–Kier alpha value is -2.30. The van der Waals surface area contributed by atoms with Gasteiger partial charge in [-0.25, -0.2) is 4.79 Å². The zero-order chi connectivity index (χ0) is 14.0. The highest BCUT2D eigenvalue weighted by molar-refractivity contribution is 6.01. The van der Waals surface area contributed by atoms with Crippen molar-refractivity contribution in [2.45, 2.75) is 6.42 Å². The summed E-state index contributed by atoms with van der Waals surface area (Å²) in [7, 11) is 3.65. The number of likely N-dealkylation sites (N-methyl/N-ethyl adjacent to an activating group) is 2. The number of nitrogens with zero attached hydrogens (tertiary/aromatic N) is 2. The standard InChI is InChI=1S/C14H16N2O3/c1-15(7-3-4-14(18)19)11-5-6-12-10(8-11)9-13(17)16(12)2/h3-6,8H,7,9H2,1-2H3,(H,18,19)/b4-3+. The Balaban J connectivity index is 2.13. The van der Waals surface area contributed by atoms with Crippen LogP contribution >= 0.6 is 0 Å². The molecular weight excluding hydrogens is 244 g/mol. The van der Waals surface area contributed by atoms with Crippen molar-refractivity contribution in [1.29, 1.82) is 0 Å².